The van der Waals surface area contributed by atoms with E-state index in [0.717, 1.165) is 6.42 Å². The molecule has 0 aliphatic rings. The lowest BCUT2D eigenvalue weighted by molar-refractivity contribution is 0.111. The van der Waals surface area contributed by atoms with Gasteiger partial charge in [-0.15, -0.1) is 0 Å². The molecule has 1 rings (SSSR count). The summed E-state index contributed by atoms with van der Waals surface area (Å²) in [5, 5.41) is 0. The van der Waals surface area contributed by atoms with Gasteiger partial charge in [0.2, 0.25) is 0 Å². The molecule has 0 unspecified atom stereocenters. The van der Waals surface area contributed by atoms with Crippen molar-refractivity contribution in [2.45, 2.75) is 20.3 Å². The van der Waals surface area contributed by atoms with Crippen molar-refractivity contribution in [3.63, 3.8) is 0 Å². The fourth-order valence-corrected chi connectivity index (χ4v) is 0.822. The maximum atomic E-state index is 10.2. The molecular weight excluding hydrogens is 142 g/mol. The third-order valence-electron chi connectivity index (χ3n) is 1.27. The van der Waals surface area contributed by atoms with Crippen LogP contribution < -0.4 is 0 Å². The van der Waals surface area contributed by atoms with Crippen LogP contribution in [0.25, 0.3) is 0 Å². The molecule has 0 amide bonds. The van der Waals surface area contributed by atoms with E-state index < -0.39 is 0 Å². The van der Waals surface area contributed by atoms with E-state index in [-0.39, 0.29) is 0 Å². The Hall–Kier alpha value is -1.12. The molecule has 0 aromatic carbocycles. The molecule has 0 aliphatic carbocycles. The molecule has 0 spiro atoms. The van der Waals surface area contributed by atoms with Crippen molar-refractivity contribution in [2.24, 2.45) is 5.92 Å². The van der Waals surface area contributed by atoms with Gasteiger partial charge in [-0.3, -0.25) is 4.79 Å². The Morgan fingerprint density at radius 2 is 2.45 bits per heavy atom. The first-order chi connectivity index (χ1) is 5.22. The number of hydrogen-bond acceptors (Lipinski definition) is 3. The number of carbonyl (C=O) groups is 1. The van der Waals surface area contributed by atoms with Crippen LogP contribution in [0, 0.1) is 5.92 Å². The molecular formula is C8H11NO2. The predicted octanol–water partition coefficient (Wildman–Crippen LogP) is 1.69. The SMILES string of the molecule is CC(C)Cc1nc(C=O)co1. The van der Waals surface area contributed by atoms with Crippen LogP contribution in [0.5, 0.6) is 0 Å². The summed E-state index contributed by atoms with van der Waals surface area (Å²) in [6, 6.07) is 0. The number of oxazole rings is 1. The molecule has 0 radical (unpaired) electrons. The monoisotopic (exact) mass is 153 g/mol. The fourth-order valence-electron chi connectivity index (χ4n) is 0.822. The lowest BCUT2D eigenvalue weighted by Crippen LogP contribution is -1.94. The van der Waals surface area contributed by atoms with E-state index in [1.807, 2.05) is 0 Å². The summed E-state index contributed by atoms with van der Waals surface area (Å²) in [7, 11) is 0. The number of rotatable bonds is 3. The Morgan fingerprint density at radius 1 is 1.73 bits per heavy atom. The molecule has 1 aromatic heterocycles. The van der Waals surface area contributed by atoms with E-state index in [4.69, 9.17) is 4.42 Å². The van der Waals surface area contributed by atoms with E-state index in [1.165, 1.54) is 6.26 Å². The highest BCUT2D eigenvalue weighted by molar-refractivity contribution is 5.70. The average Bonchev–Trinajstić information content (AvgIpc) is 2.34. The smallest absolute Gasteiger partial charge is 0.194 e. The molecule has 1 aromatic rings. The van der Waals surface area contributed by atoms with Gasteiger partial charge in [0, 0.05) is 6.42 Å². The van der Waals surface area contributed by atoms with Gasteiger partial charge in [0.05, 0.1) is 0 Å². The maximum Gasteiger partial charge on any atom is 0.194 e. The first-order valence-electron chi connectivity index (χ1n) is 3.62. The molecule has 60 valence electrons. The van der Waals surface area contributed by atoms with Crippen molar-refractivity contribution >= 4 is 6.29 Å². The molecule has 0 saturated heterocycles. The Kier molecular flexibility index (Phi) is 2.41. The third kappa shape index (κ3) is 2.18. The van der Waals surface area contributed by atoms with Crippen LogP contribution in [-0.2, 0) is 6.42 Å². The van der Waals surface area contributed by atoms with Crippen LogP contribution in [-0.4, -0.2) is 11.3 Å². The van der Waals surface area contributed by atoms with Crippen molar-refractivity contribution in [2.75, 3.05) is 0 Å². The van der Waals surface area contributed by atoms with Gasteiger partial charge in [-0.05, 0) is 5.92 Å². The van der Waals surface area contributed by atoms with E-state index in [0.29, 0.717) is 23.8 Å². The number of nitrogens with zero attached hydrogens (tertiary/aromatic N) is 1. The molecule has 0 bridgehead atoms. The Bertz CT molecular complexity index is 240. The summed E-state index contributed by atoms with van der Waals surface area (Å²) in [5.41, 5.74) is 0.376. The van der Waals surface area contributed by atoms with Crippen LogP contribution in [0.4, 0.5) is 0 Å². The van der Waals surface area contributed by atoms with Gasteiger partial charge < -0.3 is 4.42 Å². The minimum Gasteiger partial charge on any atom is -0.448 e. The second kappa shape index (κ2) is 3.32. The van der Waals surface area contributed by atoms with Gasteiger partial charge >= 0.3 is 0 Å². The maximum absolute atomic E-state index is 10.2. The first kappa shape index (κ1) is 7.98. The largest absolute Gasteiger partial charge is 0.448 e. The topological polar surface area (TPSA) is 43.1 Å². The van der Waals surface area contributed by atoms with Crippen LogP contribution >= 0.6 is 0 Å². The standard InChI is InChI=1S/C8H11NO2/c1-6(2)3-8-9-7(4-10)5-11-8/h4-6H,3H2,1-2H3. The molecule has 0 saturated carbocycles. The van der Waals surface area contributed by atoms with Crippen LogP contribution in [0.1, 0.15) is 30.2 Å². The van der Waals surface area contributed by atoms with Crippen LogP contribution in [0.15, 0.2) is 10.7 Å². The number of aldehydes is 1. The molecule has 0 fully saturated rings. The van der Waals surface area contributed by atoms with E-state index in [1.54, 1.807) is 0 Å². The molecule has 0 atom stereocenters. The summed E-state index contributed by atoms with van der Waals surface area (Å²) in [6.45, 7) is 4.15. The van der Waals surface area contributed by atoms with Gasteiger partial charge in [-0.2, -0.15) is 0 Å². The highest BCUT2D eigenvalue weighted by atomic mass is 16.3. The summed E-state index contributed by atoms with van der Waals surface area (Å²) in [6.07, 6.45) is 2.85. The average molecular weight is 153 g/mol. The molecule has 0 aliphatic heterocycles. The molecule has 0 N–H and O–H groups in total. The molecule has 3 nitrogen and oxygen atoms in total. The number of aromatic nitrogens is 1. The summed E-state index contributed by atoms with van der Waals surface area (Å²) in [4.78, 5) is 14.1. The Balaban J connectivity index is 2.65. The minimum absolute atomic E-state index is 0.376. The van der Waals surface area contributed by atoms with Gasteiger partial charge in [0.25, 0.3) is 0 Å². The van der Waals surface area contributed by atoms with Crippen LogP contribution in [0.3, 0.4) is 0 Å². The highest BCUT2D eigenvalue weighted by Gasteiger charge is 2.04. The lowest BCUT2D eigenvalue weighted by Gasteiger charge is -1.96. The summed E-state index contributed by atoms with van der Waals surface area (Å²) in [5.74, 6) is 1.15. The third-order valence-corrected chi connectivity index (χ3v) is 1.27. The second-order valence-corrected chi connectivity index (χ2v) is 2.88. The Morgan fingerprint density at radius 3 is 2.91 bits per heavy atom. The minimum atomic E-state index is 0.376. The first-order valence-corrected chi connectivity index (χ1v) is 3.62. The summed E-state index contributed by atoms with van der Waals surface area (Å²) >= 11 is 0. The van der Waals surface area contributed by atoms with Gasteiger partial charge in [0.15, 0.2) is 12.2 Å². The predicted molar refractivity (Wildman–Crippen MR) is 40.4 cm³/mol. The quantitative estimate of drug-likeness (QED) is 0.620. The van der Waals surface area contributed by atoms with E-state index in [2.05, 4.69) is 18.8 Å². The zero-order chi connectivity index (χ0) is 8.27. The molecule has 3 heteroatoms. The van der Waals surface area contributed by atoms with E-state index in [9.17, 15) is 4.79 Å². The lowest BCUT2D eigenvalue weighted by atomic mass is 10.1. The summed E-state index contributed by atoms with van der Waals surface area (Å²) < 4.78 is 5.02. The van der Waals surface area contributed by atoms with Gasteiger partial charge in [-0.25, -0.2) is 4.98 Å². The van der Waals surface area contributed by atoms with Crippen molar-refractivity contribution in [3.05, 3.63) is 17.8 Å². The van der Waals surface area contributed by atoms with Crippen molar-refractivity contribution in [1.29, 1.82) is 0 Å². The van der Waals surface area contributed by atoms with Gasteiger partial charge in [-0.1, -0.05) is 13.8 Å². The Labute approximate surface area is 65.4 Å². The number of hydrogen-bond donors (Lipinski definition) is 0. The van der Waals surface area contributed by atoms with Crippen LogP contribution in [0.2, 0.25) is 0 Å². The molecule has 1 heterocycles. The molecule has 11 heavy (non-hydrogen) atoms. The highest BCUT2D eigenvalue weighted by Crippen LogP contribution is 2.06. The zero-order valence-corrected chi connectivity index (χ0v) is 6.70. The van der Waals surface area contributed by atoms with Gasteiger partial charge in [0.1, 0.15) is 12.0 Å². The fraction of sp³-hybridized carbons (Fsp3) is 0.500. The number of carbonyl (C=O) groups excluding carboxylic acids is 1. The normalized spacial score (nSPS) is 10.5. The zero-order valence-electron chi connectivity index (χ0n) is 6.70. The van der Waals surface area contributed by atoms with Crippen molar-refractivity contribution in [1.82, 2.24) is 4.98 Å². The van der Waals surface area contributed by atoms with Crippen molar-refractivity contribution < 1.29 is 9.21 Å². The van der Waals surface area contributed by atoms with Crippen molar-refractivity contribution in [3.8, 4) is 0 Å². The second-order valence-electron chi connectivity index (χ2n) is 2.88. The van der Waals surface area contributed by atoms with E-state index >= 15 is 0 Å².